The minimum Gasteiger partial charge on any atom is -0.306 e. The molecule has 0 spiro atoms. The van der Waals surface area contributed by atoms with Gasteiger partial charge in [-0.3, -0.25) is 0 Å². The Kier molecular flexibility index (Phi) is 3.01. The van der Waals surface area contributed by atoms with Crippen LogP contribution in [0.1, 0.15) is 0 Å². The molecule has 90 valence electrons. The van der Waals surface area contributed by atoms with Crippen molar-refractivity contribution in [1.82, 2.24) is 14.5 Å². The van der Waals surface area contributed by atoms with Crippen molar-refractivity contribution in [2.45, 2.75) is 0 Å². The highest BCUT2D eigenvalue weighted by Crippen LogP contribution is 2.33. The predicted octanol–water partition coefficient (Wildman–Crippen LogP) is 4.49. The number of imidazole rings is 1. The highest BCUT2D eigenvalue weighted by Gasteiger charge is 2.11. The summed E-state index contributed by atoms with van der Waals surface area (Å²) >= 11 is 15.6. The maximum Gasteiger partial charge on any atom is 0.131 e. The lowest BCUT2D eigenvalue weighted by molar-refractivity contribution is 1.06. The molecule has 2 aromatic heterocycles. The van der Waals surface area contributed by atoms with E-state index in [1.165, 1.54) is 0 Å². The van der Waals surface area contributed by atoms with Crippen LogP contribution in [-0.4, -0.2) is 14.5 Å². The fraction of sp³-hybridized carbons (Fsp3) is 0. The van der Waals surface area contributed by atoms with Crippen molar-refractivity contribution < 1.29 is 0 Å². The summed E-state index contributed by atoms with van der Waals surface area (Å²) in [5.41, 5.74) is 1.65. The first-order valence-electron chi connectivity index (χ1n) is 5.09. The van der Waals surface area contributed by atoms with E-state index >= 15 is 0 Å². The summed E-state index contributed by atoms with van der Waals surface area (Å²) in [4.78, 5) is 8.34. The third kappa shape index (κ3) is 1.90. The maximum absolute atomic E-state index is 6.07. The minimum atomic E-state index is 0.411. The van der Waals surface area contributed by atoms with E-state index in [0.717, 1.165) is 21.1 Å². The smallest absolute Gasteiger partial charge is 0.131 e. The minimum absolute atomic E-state index is 0.411. The highest BCUT2D eigenvalue weighted by atomic mass is 79.9. The van der Waals surface area contributed by atoms with Gasteiger partial charge in [0, 0.05) is 23.8 Å². The second-order valence-corrected chi connectivity index (χ2v) is 5.28. The summed E-state index contributed by atoms with van der Waals surface area (Å²) < 4.78 is 2.63. The van der Waals surface area contributed by atoms with E-state index in [1.54, 1.807) is 18.6 Å². The first-order chi connectivity index (χ1) is 8.66. The van der Waals surface area contributed by atoms with Crippen molar-refractivity contribution in [3.63, 3.8) is 0 Å². The van der Waals surface area contributed by atoms with E-state index in [1.807, 2.05) is 22.9 Å². The van der Waals surface area contributed by atoms with Gasteiger partial charge >= 0.3 is 0 Å². The molecule has 0 aliphatic heterocycles. The largest absolute Gasteiger partial charge is 0.306 e. The topological polar surface area (TPSA) is 30.7 Å². The van der Waals surface area contributed by atoms with Crippen LogP contribution in [0, 0.1) is 0 Å². The van der Waals surface area contributed by atoms with E-state index in [-0.39, 0.29) is 0 Å². The van der Waals surface area contributed by atoms with Gasteiger partial charge in [-0.2, -0.15) is 0 Å². The van der Waals surface area contributed by atoms with Crippen molar-refractivity contribution in [2.75, 3.05) is 0 Å². The molecule has 0 radical (unpaired) electrons. The van der Waals surface area contributed by atoms with Crippen LogP contribution in [0.2, 0.25) is 10.2 Å². The summed E-state index contributed by atoms with van der Waals surface area (Å²) in [5.74, 6) is 0. The molecule has 1 aromatic carbocycles. The summed E-state index contributed by atoms with van der Waals surface area (Å²) in [6, 6.07) is 5.54. The third-order valence-corrected chi connectivity index (χ3v) is 4.14. The van der Waals surface area contributed by atoms with Gasteiger partial charge in [0.25, 0.3) is 0 Å². The van der Waals surface area contributed by atoms with E-state index in [9.17, 15) is 0 Å². The SMILES string of the molecule is Clc1cc(-n2ccnc2)c2ccc(Cl)c(Br)c2n1. The number of benzene rings is 1. The van der Waals surface area contributed by atoms with Gasteiger partial charge in [-0.25, -0.2) is 9.97 Å². The van der Waals surface area contributed by atoms with Gasteiger partial charge < -0.3 is 4.57 Å². The average Bonchev–Trinajstić information content (AvgIpc) is 2.87. The van der Waals surface area contributed by atoms with Gasteiger partial charge in [0.05, 0.1) is 27.0 Å². The zero-order chi connectivity index (χ0) is 12.7. The lowest BCUT2D eigenvalue weighted by Gasteiger charge is -2.09. The van der Waals surface area contributed by atoms with Crippen LogP contribution in [0.3, 0.4) is 0 Å². The highest BCUT2D eigenvalue weighted by molar-refractivity contribution is 9.10. The molecule has 0 aliphatic carbocycles. The number of aromatic nitrogens is 3. The Morgan fingerprint density at radius 2 is 2.06 bits per heavy atom. The van der Waals surface area contributed by atoms with Crippen LogP contribution in [-0.2, 0) is 0 Å². The van der Waals surface area contributed by atoms with E-state index in [0.29, 0.717) is 10.2 Å². The number of hydrogen-bond donors (Lipinski definition) is 0. The van der Waals surface area contributed by atoms with E-state index < -0.39 is 0 Å². The summed E-state index contributed by atoms with van der Waals surface area (Å²) in [5, 5.41) is 1.97. The average molecular weight is 343 g/mol. The second kappa shape index (κ2) is 4.53. The van der Waals surface area contributed by atoms with E-state index in [4.69, 9.17) is 23.2 Å². The molecule has 0 saturated heterocycles. The molecule has 0 N–H and O–H groups in total. The Morgan fingerprint density at radius 3 is 2.78 bits per heavy atom. The molecule has 0 atom stereocenters. The normalized spacial score (nSPS) is 11.1. The van der Waals surface area contributed by atoms with Crippen LogP contribution in [0.5, 0.6) is 0 Å². The zero-order valence-electron chi connectivity index (χ0n) is 8.94. The quantitative estimate of drug-likeness (QED) is 0.610. The molecular weight excluding hydrogens is 337 g/mol. The lowest BCUT2D eigenvalue weighted by Crippen LogP contribution is -1.94. The molecule has 3 nitrogen and oxygen atoms in total. The molecule has 2 heterocycles. The van der Waals surface area contributed by atoms with Crippen LogP contribution < -0.4 is 0 Å². The molecule has 18 heavy (non-hydrogen) atoms. The van der Waals surface area contributed by atoms with Crippen molar-refractivity contribution in [1.29, 1.82) is 0 Å². The summed E-state index contributed by atoms with van der Waals surface area (Å²) in [6.07, 6.45) is 5.28. The van der Waals surface area contributed by atoms with Gasteiger partial charge in [-0.15, -0.1) is 0 Å². The lowest BCUT2D eigenvalue weighted by atomic mass is 10.2. The Bertz CT molecular complexity index is 726. The number of hydrogen-bond acceptors (Lipinski definition) is 2. The van der Waals surface area contributed by atoms with Crippen molar-refractivity contribution in [2.24, 2.45) is 0 Å². The molecule has 0 aliphatic rings. The third-order valence-electron chi connectivity index (χ3n) is 2.60. The predicted molar refractivity (Wildman–Crippen MR) is 76.6 cm³/mol. The molecule has 0 unspecified atom stereocenters. The van der Waals surface area contributed by atoms with Crippen molar-refractivity contribution in [3.8, 4) is 5.69 Å². The number of halogens is 3. The number of rotatable bonds is 1. The van der Waals surface area contributed by atoms with Crippen molar-refractivity contribution >= 4 is 50.0 Å². The van der Waals surface area contributed by atoms with Gasteiger partial charge in [0.15, 0.2) is 0 Å². The van der Waals surface area contributed by atoms with E-state index in [2.05, 4.69) is 25.9 Å². The maximum atomic E-state index is 6.07. The number of fused-ring (bicyclic) bond motifs is 1. The molecular formula is C12H6BrCl2N3. The fourth-order valence-electron chi connectivity index (χ4n) is 1.80. The molecule has 6 heteroatoms. The Hall–Kier alpha value is -1.10. The van der Waals surface area contributed by atoms with Gasteiger partial charge in [0.1, 0.15) is 5.15 Å². The zero-order valence-corrected chi connectivity index (χ0v) is 12.0. The van der Waals surface area contributed by atoms with Gasteiger partial charge in [-0.1, -0.05) is 23.2 Å². The Balaban J connectivity index is 2.43. The number of nitrogens with zero attached hydrogens (tertiary/aromatic N) is 3. The standard InChI is InChI=1S/C12H6BrCl2N3/c13-11-8(14)2-1-7-9(18-4-3-16-6-18)5-10(15)17-12(7)11/h1-6H. The van der Waals surface area contributed by atoms with Crippen molar-refractivity contribution in [3.05, 3.63) is 51.6 Å². The molecule has 3 aromatic rings. The first kappa shape index (κ1) is 12.0. The van der Waals surface area contributed by atoms with Crippen LogP contribution in [0.15, 0.2) is 41.4 Å². The Morgan fingerprint density at radius 1 is 1.22 bits per heavy atom. The number of pyridine rings is 1. The van der Waals surface area contributed by atoms with Crippen LogP contribution in [0.4, 0.5) is 0 Å². The fourth-order valence-corrected chi connectivity index (χ4v) is 2.58. The van der Waals surface area contributed by atoms with Gasteiger partial charge in [-0.05, 0) is 28.1 Å². The molecule has 0 saturated carbocycles. The first-order valence-corrected chi connectivity index (χ1v) is 6.64. The van der Waals surface area contributed by atoms with Crippen LogP contribution >= 0.6 is 39.1 Å². The molecule has 3 rings (SSSR count). The van der Waals surface area contributed by atoms with Gasteiger partial charge in [0.2, 0.25) is 0 Å². The monoisotopic (exact) mass is 341 g/mol. The summed E-state index contributed by atoms with van der Waals surface area (Å²) in [7, 11) is 0. The summed E-state index contributed by atoms with van der Waals surface area (Å²) in [6.45, 7) is 0. The molecule has 0 amide bonds. The molecule has 0 fully saturated rings. The van der Waals surface area contributed by atoms with Crippen LogP contribution in [0.25, 0.3) is 16.6 Å². The Labute approximate surface area is 122 Å². The molecule has 0 bridgehead atoms. The second-order valence-electron chi connectivity index (χ2n) is 3.69.